The first-order valence-corrected chi connectivity index (χ1v) is 6.85. The van der Waals surface area contributed by atoms with Crippen LogP contribution in [0, 0.1) is 12.3 Å². The zero-order valence-corrected chi connectivity index (χ0v) is 12.2. The van der Waals surface area contributed by atoms with Crippen molar-refractivity contribution in [2.24, 2.45) is 0 Å². The molecule has 3 unspecified atom stereocenters. The third kappa shape index (κ3) is 2.15. The van der Waals surface area contributed by atoms with E-state index in [0.717, 1.165) is 5.06 Å². The fourth-order valence-electron chi connectivity index (χ4n) is 3.25. The average Bonchev–Trinajstić information content (AvgIpc) is 2.88. The highest BCUT2D eigenvalue weighted by Gasteiger charge is 2.61. The van der Waals surface area contributed by atoms with E-state index in [1.165, 1.54) is 0 Å². The van der Waals surface area contributed by atoms with Crippen molar-refractivity contribution in [1.82, 2.24) is 5.06 Å². The van der Waals surface area contributed by atoms with Crippen LogP contribution in [0.3, 0.4) is 0 Å². The van der Waals surface area contributed by atoms with E-state index in [9.17, 15) is 5.21 Å². The molecular weight excluding hydrogens is 262 g/mol. The molecule has 3 saturated heterocycles. The lowest BCUT2D eigenvalue weighted by atomic mass is 10.0. The summed E-state index contributed by atoms with van der Waals surface area (Å²) in [5, 5.41) is 11.5. The fraction of sp³-hybridized carbons (Fsp3) is 0.857. The van der Waals surface area contributed by atoms with E-state index in [2.05, 4.69) is 5.92 Å². The molecule has 0 spiro atoms. The number of rotatable bonds is 1. The molecule has 6 nitrogen and oxygen atoms in total. The summed E-state index contributed by atoms with van der Waals surface area (Å²) < 4.78 is 23.2. The molecule has 0 aromatic rings. The van der Waals surface area contributed by atoms with E-state index in [1.54, 1.807) is 0 Å². The number of ether oxygens (including phenoxy) is 4. The largest absolute Gasteiger partial charge is 0.348 e. The number of hydroxylamine groups is 2. The molecule has 0 bridgehead atoms. The minimum atomic E-state index is -0.709. The summed E-state index contributed by atoms with van der Waals surface area (Å²) in [4.78, 5) is 0. The van der Waals surface area contributed by atoms with Crippen LogP contribution >= 0.6 is 0 Å². The zero-order chi connectivity index (χ0) is 14.7. The van der Waals surface area contributed by atoms with E-state index in [0.29, 0.717) is 6.61 Å². The van der Waals surface area contributed by atoms with Crippen LogP contribution in [0.15, 0.2) is 0 Å². The highest BCUT2D eigenvalue weighted by Crippen LogP contribution is 2.42. The maximum atomic E-state index is 10.4. The molecule has 3 fully saturated rings. The fourth-order valence-corrected chi connectivity index (χ4v) is 3.25. The van der Waals surface area contributed by atoms with Crippen LogP contribution in [0.1, 0.15) is 27.7 Å². The molecule has 0 aromatic heterocycles. The van der Waals surface area contributed by atoms with Gasteiger partial charge in [0, 0.05) is 0 Å². The Morgan fingerprint density at radius 1 is 1.10 bits per heavy atom. The third-order valence-electron chi connectivity index (χ3n) is 3.98. The number of fused-ring (bicyclic) bond motifs is 1. The van der Waals surface area contributed by atoms with Gasteiger partial charge in [0.2, 0.25) is 0 Å². The summed E-state index contributed by atoms with van der Waals surface area (Å²) in [5.74, 6) is 1.20. The minimum absolute atomic E-state index is 0.307. The van der Waals surface area contributed by atoms with Crippen molar-refractivity contribution < 1.29 is 24.2 Å². The van der Waals surface area contributed by atoms with Crippen molar-refractivity contribution >= 4 is 0 Å². The first-order valence-electron chi connectivity index (χ1n) is 6.85. The van der Waals surface area contributed by atoms with Crippen LogP contribution < -0.4 is 0 Å². The number of hydrogen-bond acceptors (Lipinski definition) is 6. The van der Waals surface area contributed by atoms with Gasteiger partial charge in [-0.2, -0.15) is 5.06 Å². The Labute approximate surface area is 118 Å². The molecule has 112 valence electrons. The van der Waals surface area contributed by atoms with Crippen LogP contribution in [0.4, 0.5) is 0 Å². The normalized spacial score (nSPS) is 46.3. The molecule has 0 amide bonds. The standard InChI is InChI=1S/C14H21NO5/c1-6-8-11-12(20-14(4,5)19-11)10(15(8)16)9-7-17-13(2,3)18-9/h1,8-12,16H,7H2,2-5H3/t8?,9?,10?,11-,12+/m1/s1. The number of terminal acetylenes is 1. The summed E-state index contributed by atoms with van der Waals surface area (Å²) >= 11 is 0. The van der Waals surface area contributed by atoms with Crippen molar-refractivity contribution in [2.75, 3.05) is 6.61 Å². The first kappa shape index (κ1) is 14.3. The molecule has 0 radical (unpaired) electrons. The Bertz CT molecular complexity index is 443. The van der Waals surface area contributed by atoms with E-state index < -0.39 is 23.7 Å². The van der Waals surface area contributed by atoms with Gasteiger partial charge >= 0.3 is 0 Å². The van der Waals surface area contributed by atoms with Gasteiger partial charge in [-0.25, -0.2) is 0 Å². The van der Waals surface area contributed by atoms with E-state index in [-0.39, 0.29) is 18.3 Å². The lowest BCUT2D eigenvalue weighted by molar-refractivity contribution is -0.227. The summed E-state index contributed by atoms with van der Waals surface area (Å²) in [5.41, 5.74) is 0. The SMILES string of the molecule is C#CC1[C@H]2OC(C)(C)O[C@H]2C(C2COC(C)(C)O2)N1O. The summed E-state index contributed by atoms with van der Waals surface area (Å²) in [7, 11) is 0. The Morgan fingerprint density at radius 2 is 1.75 bits per heavy atom. The van der Waals surface area contributed by atoms with Crippen LogP contribution in [0.5, 0.6) is 0 Å². The van der Waals surface area contributed by atoms with E-state index in [1.807, 2.05) is 27.7 Å². The molecule has 6 heteroatoms. The smallest absolute Gasteiger partial charge is 0.163 e. The van der Waals surface area contributed by atoms with Crippen LogP contribution in [-0.4, -0.2) is 58.8 Å². The number of nitrogens with zero attached hydrogens (tertiary/aromatic N) is 1. The average molecular weight is 283 g/mol. The summed E-state index contributed by atoms with van der Waals surface area (Å²) in [6, 6.07) is -0.941. The topological polar surface area (TPSA) is 60.4 Å². The maximum Gasteiger partial charge on any atom is 0.163 e. The lowest BCUT2D eigenvalue weighted by Crippen LogP contribution is -2.48. The minimum Gasteiger partial charge on any atom is -0.348 e. The van der Waals surface area contributed by atoms with Crippen molar-refractivity contribution in [1.29, 1.82) is 0 Å². The molecule has 3 aliphatic heterocycles. The molecule has 0 saturated carbocycles. The summed E-state index contributed by atoms with van der Waals surface area (Å²) in [6.07, 6.45) is 4.52. The van der Waals surface area contributed by atoms with Crippen molar-refractivity contribution in [3.63, 3.8) is 0 Å². The Hall–Kier alpha value is -0.680. The molecule has 0 aliphatic carbocycles. The van der Waals surface area contributed by atoms with Gasteiger partial charge in [-0.05, 0) is 27.7 Å². The highest BCUT2D eigenvalue weighted by molar-refractivity contribution is 5.16. The quantitative estimate of drug-likeness (QED) is 0.716. The van der Waals surface area contributed by atoms with E-state index in [4.69, 9.17) is 25.4 Å². The Morgan fingerprint density at radius 3 is 2.30 bits per heavy atom. The second-order valence-electron chi connectivity index (χ2n) is 6.41. The van der Waals surface area contributed by atoms with Gasteiger partial charge in [0.1, 0.15) is 24.4 Å². The molecule has 3 heterocycles. The summed E-state index contributed by atoms with van der Waals surface area (Å²) in [6.45, 7) is 7.76. The monoisotopic (exact) mass is 283 g/mol. The Kier molecular flexibility index (Phi) is 3.14. The van der Waals surface area contributed by atoms with Gasteiger partial charge in [-0.1, -0.05) is 5.92 Å². The van der Waals surface area contributed by atoms with E-state index >= 15 is 0 Å². The van der Waals surface area contributed by atoms with Gasteiger partial charge in [-0.3, -0.25) is 0 Å². The predicted molar refractivity (Wildman–Crippen MR) is 68.8 cm³/mol. The number of hydrogen-bond donors (Lipinski definition) is 1. The molecule has 5 atom stereocenters. The molecule has 3 rings (SSSR count). The second-order valence-corrected chi connectivity index (χ2v) is 6.41. The predicted octanol–water partition coefficient (Wildman–Crippen LogP) is 0.733. The maximum absolute atomic E-state index is 10.4. The first-order chi connectivity index (χ1) is 9.24. The van der Waals surface area contributed by atoms with Gasteiger partial charge < -0.3 is 24.2 Å². The Balaban J connectivity index is 1.85. The van der Waals surface area contributed by atoms with Gasteiger partial charge in [-0.15, -0.1) is 6.42 Å². The van der Waals surface area contributed by atoms with Crippen molar-refractivity contribution in [3.05, 3.63) is 0 Å². The molecule has 1 N–H and O–H groups in total. The van der Waals surface area contributed by atoms with Crippen molar-refractivity contribution in [2.45, 2.75) is 69.7 Å². The van der Waals surface area contributed by atoms with Gasteiger partial charge in [0.25, 0.3) is 0 Å². The lowest BCUT2D eigenvalue weighted by Gasteiger charge is -2.30. The third-order valence-corrected chi connectivity index (χ3v) is 3.98. The van der Waals surface area contributed by atoms with Crippen LogP contribution in [0.2, 0.25) is 0 Å². The molecular formula is C14H21NO5. The van der Waals surface area contributed by atoms with Gasteiger partial charge in [0.15, 0.2) is 11.6 Å². The second kappa shape index (κ2) is 4.41. The van der Waals surface area contributed by atoms with Gasteiger partial charge in [0.05, 0.1) is 12.6 Å². The zero-order valence-electron chi connectivity index (χ0n) is 12.2. The molecule has 0 aromatic carbocycles. The van der Waals surface area contributed by atoms with Crippen LogP contribution in [-0.2, 0) is 18.9 Å². The highest BCUT2D eigenvalue weighted by atomic mass is 16.8. The van der Waals surface area contributed by atoms with Crippen LogP contribution in [0.25, 0.3) is 0 Å². The molecule has 20 heavy (non-hydrogen) atoms. The molecule has 3 aliphatic rings. The van der Waals surface area contributed by atoms with Crippen molar-refractivity contribution in [3.8, 4) is 12.3 Å².